The summed E-state index contributed by atoms with van der Waals surface area (Å²) in [5, 5.41) is 8.61. The number of nitrogens with one attached hydrogen (secondary N) is 3. The first-order valence-corrected chi connectivity index (χ1v) is 10.2. The number of benzene rings is 1. The van der Waals surface area contributed by atoms with Crippen LogP contribution in [0.3, 0.4) is 0 Å². The number of hydrogen-bond acceptors (Lipinski definition) is 3. The first-order valence-electron chi connectivity index (χ1n) is 10.2. The molecule has 0 saturated carbocycles. The molecule has 0 bridgehead atoms. The van der Waals surface area contributed by atoms with E-state index in [9.17, 15) is 14.4 Å². The Morgan fingerprint density at radius 3 is 1.80 bits per heavy atom. The third-order valence-electron chi connectivity index (χ3n) is 4.20. The number of amides is 3. The first-order chi connectivity index (χ1) is 13.4. The first kappa shape index (κ1) is 25.4. The molecule has 0 aliphatic heterocycles. The minimum atomic E-state index is -0.603. The lowest BCUT2D eigenvalue weighted by Gasteiger charge is -2.33. The van der Waals surface area contributed by atoms with Gasteiger partial charge in [0.1, 0.15) is 0 Å². The molecule has 3 N–H and O–H groups in total. The van der Waals surface area contributed by atoms with E-state index >= 15 is 0 Å². The van der Waals surface area contributed by atoms with Crippen LogP contribution in [0.4, 0.5) is 11.4 Å². The minimum absolute atomic E-state index is 0.0416. The van der Waals surface area contributed by atoms with Crippen LogP contribution in [0.2, 0.25) is 0 Å². The second-order valence-electron chi connectivity index (χ2n) is 10.8. The zero-order valence-corrected chi connectivity index (χ0v) is 19.9. The maximum atomic E-state index is 13.0. The van der Waals surface area contributed by atoms with Gasteiger partial charge in [0.25, 0.3) is 11.8 Å². The molecule has 3 amide bonds. The molecule has 166 valence electrons. The van der Waals surface area contributed by atoms with Gasteiger partial charge >= 0.3 is 0 Å². The third kappa shape index (κ3) is 8.39. The van der Waals surface area contributed by atoms with E-state index in [1.807, 2.05) is 13.8 Å². The normalized spacial score (nSPS) is 12.2. The van der Waals surface area contributed by atoms with E-state index in [2.05, 4.69) is 43.3 Å². The molecular weight excluding hydrogens is 378 g/mol. The number of rotatable bonds is 6. The average molecular weight is 416 g/mol. The molecule has 6 heteroatoms. The highest BCUT2D eigenvalue weighted by Crippen LogP contribution is 2.28. The summed E-state index contributed by atoms with van der Waals surface area (Å²) in [6.45, 7) is 21.0. The Bertz CT molecular complexity index is 840. The van der Waals surface area contributed by atoms with E-state index in [4.69, 9.17) is 0 Å². The largest absolute Gasteiger partial charge is 0.347 e. The van der Waals surface area contributed by atoms with Gasteiger partial charge in [0.05, 0.1) is 0 Å². The van der Waals surface area contributed by atoms with E-state index in [1.54, 1.807) is 45.9 Å². The van der Waals surface area contributed by atoms with Crippen molar-refractivity contribution in [2.24, 2.45) is 10.8 Å². The zero-order chi connectivity index (χ0) is 23.5. The fourth-order valence-corrected chi connectivity index (χ4v) is 3.21. The second-order valence-corrected chi connectivity index (χ2v) is 10.8. The van der Waals surface area contributed by atoms with Crippen molar-refractivity contribution in [2.45, 2.75) is 74.3 Å². The summed E-state index contributed by atoms with van der Waals surface area (Å²) in [6, 6.07) is 4.83. The molecule has 0 aliphatic carbocycles. The van der Waals surface area contributed by atoms with E-state index in [0.717, 1.165) is 6.42 Å². The van der Waals surface area contributed by atoms with Gasteiger partial charge in [-0.05, 0) is 50.8 Å². The summed E-state index contributed by atoms with van der Waals surface area (Å²) >= 11 is 0. The van der Waals surface area contributed by atoms with E-state index < -0.39 is 11.0 Å². The fraction of sp³-hybridized carbons (Fsp3) is 0.542. The van der Waals surface area contributed by atoms with E-state index in [0.29, 0.717) is 22.5 Å². The van der Waals surface area contributed by atoms with Gasteiger partial charge in [-0.2, -0.15) is 0 Å². The van der Waals surface area contributed by atoms with Gasteiger partial charge in [-0.15, -0.1) is 0 Å². The Morgan fingerprint density at radius 1 is 0.867 bits per heavy atom. The highest BCUT2D eigenvalue weighted by atomic mass is 16.2. The highest BCUT2D eigenvalue weighted by Gasteiger charge is 2.28. The van der Waals surface area contributed by atoms with Crippen LogP contribution in [0.15, 0.2) is 30.4 Å². The maximum Gasteiger partial charge on any atom is 0.251 e. The Hall–Kier alpha value is -2.63. The van der Waals surface area contributed by atoms with Crippen LogP contribution in [0.1, 0.15) is 79.1 Å². The number of hydrogen-bond donors (Lipinski definition) is 3. The molecule has 1 aromatic carbocycles. The highest BCUT2D eigenvalue weighted by molar-refractivity contribution is 6.05. The van der Waals surface area contributed by atoms with Gasteiger partial charge in [-0.1, -0.05) is 48.1 Å². The quantitative estimate of drug-likeness (QED) is 0.563. The van der Waals surface area contributed by atoms with Crippen LogP contribution < -0.4 is 16.0 Å². The molecule has 0 aromatic heterocycles. The van der Waals surface area contributed by atoms with Gasteiger partial charge in [-0.3, -0.25) is 14.4 Å². The van der Waals surface area contributed by atoms with Gasteiger partial charge in [0, 0.05) is 33.5 Å². The summed E-state index contributed by atoms with van der Waals surface area (Å²) in [5.74, 6) is -0.819. The molecule has 0 fully saturated rings. The fourth-order valence-electron chi connectivity index (χ4n) is 3.21. The molecule has 0 spiro atoms. The predicted molar refractivity (Wildman–Crippen MR) is 124 cm³/mol. The van der Waals surface area contributed by atoms with Crippen molar-refractivity contribution < 1.29 is 14.4 Å². The number of anilines is 2. The topological polar surface area (TPSA) is 87.3 Å². The van der Waals surface area contributed by atoms with Crippen molar-refractivity contribution in [3.05, 3.63) is 35.9 Å². The third-order valence-corrected chi connectivity index (χ3v) is 4.20. The van der Waals surface area contributed by atoms with Gasteiger partial charge in [0.15, 0.2) is 0 Å². The van der Waals surface area contributed by atoms with Crippen LogP contribution in [0, 0.1) is 10.8 Å². The van der Waals surface area contributed by atoms with Crippen LogP contribution in [-0.2, 0) is 9.59 Å². The molecule has 0 aliphatic rings. The van der Waals surface area contributed by atoms with Crippen molar-refractivity contribution in [1.29, 1.82) is 0 Å². The summed E-state index contributed by atoms with van der Waals surface area (Å²) in [4.78, 5) is 37.5. The average Bonchev–Trinajstić information content (AvgIpc) is 2.50. The number of carbonyl (C=O) groups excluding carboxylic acids is 3. The molecule has 0 atom stereocenters. The lowest BCUT2D eigenvalue weighted by molar-refractivity contribution is -0.123. The molecule has 0 unspecified atom stereocenters. The molecule has 1 rings (SSSR count). The minimum Gasteiger partial charge on any atom is -0.347 e. The van der Waals surface area contributed by atoms with Crippen molar-refractivity contribution >= 4 is 29.1 Å². The Morgan fingerprint density at radius 2 is 1.37 bits per heavy atom. The number of carbonyl (C=O) groups is 3. The summed E-state index contributed by atoms with van der Waals surface area (Å²) in [5.41, 5.74) is 0.550. The Balaban J connectivity index is 3.26. The lowest BCUT2D eigenvalue weighted by atomic mass is 9.81. The van der Waals surface area contributed by atoms with Crippen LogP contribution >= 0.6 is 0 Å². The van der Waals surface area contributed by atoms with Crippen molar-refractivity contribution in [2.75, 3.05) is 10.6 Å². The van der Waals surface area contributed by atoms with E-state index in [-0.39, 0.29) is 23.1 Å². The lowest BCUT2D eigenvalue weighted by Crippen LogP contribution is -2.45. The summed E-state index contributed by atoms with van der Waals surface area (Å²) < 4.78 is 0. The van der Waals surface area contributed by atoms with Gasteiger partial charge in [0.2, 0.25) is 5.91 Å². The second kappa shape index (κ2) is 9.02. The van der Waals surface area contributed by atoms with Gasteiger partial charge in [-0.25, -0.2) is 0 Å². The summed E-state index contributed by atoms with van der Waals surface area (Å²) in [6.07, 6.45) is 0.783. The SMILES string of the molecule is C=C(C)C(=O)Nc1cc(NC(=O)C(C)(C)C)cc(C(=O)NC(C)(C)CC(C)(C)C)c1. The smallest absolute Gasteiger partial charge is 0.251 e. The molecule has 0 heterocycles. The zero-order valence-electron chi connectivity index (χ0n) is 19.9. The van der Waals surface area contributed by atoms with Crippen LogP contribution in [-0.4, -0.2) is 23.3 Å². The predicted octanol–water partition coefficient (Wildman–Crippen LogP) is 5.13. The van der Waals surface area contributed by atoms with Crippen LogP contribution in [0.5, 0.6) is 0 Å². The maximum absolute atomic E-state index is 13.0. The molecule has 6 nitrogen and oxygen atoms in total. The monoisotopic (exact) mass is 415 g/mol. The van der Waals surface area contributed by atoms with Crippen molar-refractivity contribution in [3.63, 3.8) is 0 Å². The summed E-state index contributed by atoms with van der Waals surface area (Å²) in [7, 11) is 0. The Kier molecular flexibility index (Phi) is 7.64. The molecule has 30 heavy (non-hydrogen) atoms. The molecule has 0 saturated heterocycles. The molecule has 0 radical (unpaired) electrons. The van der Waals surface area contributed by atoms with Crippen molar-refractivity contribution in [3.8, 4) is 0 Å². The van der Waals surface area contributed by atoms with Crippen molar-refractivity contribution in [1.82, 2.24) is 5.32 Å². The molecular formula is C24H37N3O3. The van der Waals surface area contributed by atoms with E-state index in [1.165, 1.54) is 0 Å². The molecule has 1 aromatic rings. The van der Waals surface area contributed by atoms with Gasteiger partial charge < -0.3 is 16.0 Å². The Labute approximate surface area is 180 Å². The van der Waals surface area contributed by atoms with Crippen LogP contribution in [0.25, 0.3) is 0 Å². The standard InChI is InChI=1S/C24H37N3O3/c1-15(2)19(28)25-17-11-16(12-18(13-17)26-21(30)23(6,7)8)20(29)27-24(9,10)14-22(3,4)5/h11-13H,1,14H2,2-10H3,(H,25,28)(H,26,30)(H,27,29).